The summed E-state index contributed by atoms with van der Waals surface area (Å²) in [5.74, 6) is -1.26. The number of nitrogens with one attached hydrogen (secondary N) is 1. The fourth-order valence-corrected chi connectivity index (χ4v) is 3.31. The van der Waals surface area contributed by atoms with E-state index in [1.807, 2.05) is 34.6 Å². The zero-order chi connectivity index (χ0) is 19.5. The SMILES string of the molecule is Cc1sc([C@H](C)NCC(=O)OC(C)(C)C)nc1-c1ccc(C(=O)O)cc1. The number of aryl methyl sites for hydroxylation is 1. The lowest BCUT2D eigenvalue weighted by Gasteiger charge is -2.20. The second kappa shape index (κ2) is 7.97. The molecular weight excluding hydrogens is 352 g/mol. The minimum atomic E-state index is -0.952. The Morgan fingerprint density at radius 2 is 1.88 bits per heavy atom. The van der Waals surface area contributed by atoms with E-state index in [0.717, 1.165) is 21.1 Å². The van der Waals surface area contributed by atoms with Gasteiger partial charge in [0.1, 0.15) is 10.6 Å². The number of aromatic carboxylic acids is 1. The standard InChI is InChI=1S/C19H24N2O4S/c1-11(20-10-15(22)25-19(3,4)5)17-21-16(12(2)26-17)13-6-8-14(9-7-13)18(23)24/h6-9,11,20H,10H2,1-5H3,(H,23,24)/t11-/m0/s1. The largest absolute Gasteiger partial charge is 0.478 e. The molecule has 2 N–H and O–H groups in total. The Morgan fingerprint density at radius 1 is 1.27 bits per heavy atom. The van der Waals surface area contributed by atoms with Crippen LogP contribution in [0.1, 0.15) is 54.0 Å². The van der Waals surface area contributed by atoms with Gasteiger partial charge >= 0.3 is 11.9 Å². The minimum absolute atomic E-state index is 0.0988. The van der Waals surface area contributed by atoms with Crippen LogP contribution in [0.15, 0.2) is 24.3 Å². The van der Waals surface area contributed by atoms with Gasteiger partial charge in [-0.05, 0) is 46.8 Å². The molecule has 0 aliphatic rings. The Kier molecular flexibility index (Phi) is 6.15. The maximum atomic E-state index is 11.8. The maximum absolute atomic E-state index is 11.8. The first-order valence-corrected chi connectivity index (χ1v) is 9.15. The molecule has 1 heterocycles. The predicted octanol–water partition coefficient (Wildman–Crippen LogP) is 3.81. The zero-order valence-corrected chi connectivity index (χ0v) is 16.4. The molecule has 6 nitrogen and oxygen atoms in total. The monoisotopic (exact) mass is 376 g/mol. The number of hydrogen-bond acceptors (Lipinski definition) is 6. The van der Waals surface area contributed by atoms with E-state index in [2.05, 4.69) is 10.3 Å². The summed E-state index contributed by atoms with van der Waals surface area (Å²) in [4.78, 5) is 28.5. The molecule has 26 heavy (non-hydrogen) atoms. The van der Waals surface area contributed by atoms with E-state index >= 15 is 0 Å². The van der Waals surface area contributed by atoms with Crippen molar-refractivity contribution in [3.8, 4) is 11.3 Å². The third kappa shape index (κ3) is 5.37. The quantitative estimate of drug-likeness (QED) is 0.745. The summed E-state index contributed by atoms with van der Waals surface area (Å²) < 4.78 is 5.29. The van der Waals surface area contributed by atoms with Crippen LogP contribution < -0.4 is 5.32 Å². The van der Waals surface area contributed by atoms with Crippen molar-refractivity contribution >= 4 is 23.3 Å². The number of benzene rings is 1. The molecule has 1 aromatic carbocycles. The summed E-state index contributed by atoms with van der Waals surface area (Å²) in [7, 11) is 0. The molecule has 0 aliphatic carbocycles. The number of rotatable bonds is 6. The van der Waals surface area contributed by atoms with Crippen molar-refractivity contribution < 1.29 is 19.4 Å². The van der Waals surface area contributed by atoms with Crippen molar-refractivity contribution in [1.29, 1.82) is 0 Å². The van der Waals surface area contributed by atoms with Gasteiger partial charge in [-0.1, -0.05) is 12.1 Å². The molecule has 0 unspecified atom stereocenters. The van der Waals surface area contributed by atoms with E-state index in [4.69, 9.17) is 9.84 Å². The number of ether oxygens (including phenoxy) is 1. The van der Waals surface area contributed by atoms with Crippen molar-refractivity contribution in [3.05, 3.63) is 39.7 Å². The number of esters is 1. The van der Waals surface area contributed by atoms with Crippen LogP contribution in [0.2, 0.25) is 0 Å². The average molecular weight is 376 g/mol. The van der Waals surface area contributed by atoms with Gasteiger partial charge in [-0.2, -0.15) is 0 Å². The highest BCUT2D eigenvalue weighted by Gasteiger charge is 2.19. The van der Waals surface area contributed by atoms with Gasteiger partial charge in [-0.25, -0.2) is 9.78 Å². The van der Waals surface area contributed by atoms with Gasteiger partial charge in [0.25, 0.3) is 0 Å². The normalized spacial score (nSPS) is 12.7. The van der Waals surface area contributed by atoms with Crippen molar-refractivity contribution in [2.24, 2.45) is 0 Å². The first-order valence-electron chi connectivity index (χ1n) is 8.33. The van der Waals surface area contributed by atoms with Crippen molar-refractivity contribution in [3.63, 3.8) is 0 Å². The molecule has 0 aliphatic heterocycles. The first-order chi connectivity index (χ1) is 12.1. The molecular formula is C19H24N2O4S. The zero-order valence-electron chi connectivity index (χ0n) is 15.6. The molecule has 0 bridgehead atoms. The Morgan fingerprint density at radius 3 is 2.42 bits per heavy atom. The van der Waals surface area contributed by atoms with E-state index in [-0.39, 0.29) is 24.1 Å². The van der Waals surface area contributed by atoms with E-state index in [1.54, 1.807) is 35.6 Å². The number of aromatic nitrogens is 1. The molecule has 2 aromatic rings. The third-order valence-corrected chi connectivity index (χ3v) is 4.71. The summed E-state index contributed by atoms with van der Waals surface area (Å²) >= 11 is 1.55. The summed E-state index contributed by atoms with van der Waals surface area (Å²) in [5.41, 5.74) is 1.44. The summed E-state index contributed by atoms with van der Waals surface area (Å²) in [6.07, 6.45) is 0. The smallest absolute Gasteiger partial charge is 0.335 e. The van der Waals surface area contributed by atoms with Gasteiger partial charge < -0.3 is 9.84 Å². The summed E-state index contributed by atoms with van der Waals surface area (Å²) in [6, 6.07) is 6.56. The van der Waals surface area contributed by atoms with Crippen molar-refractivity contribution in [2.45, 2.75) is 46.3 Å². The van der Waals surface area contributed by atoms with Crippen molar-refractivity contribution in [1.82, 2.24) is 10.3 Å². The number of carbonyl (C=O) groups excluding carboxylic acids is 1. The number of hydrogen-bond donors (Lipinski definition) is 2. The molecule has 0 fully saturated rings. The molecule has 0 radical (unpaired) electrons. The van der Waals surface area contributed by atoms with Gasteiger partial charge in [-0.15, -0.1) is 11.3 Å². The van der Waals surface area contributed by atoms with Gasteiger partial charge in [0.15, 0.2) is 0 Å². The summed E-state index contributed by atoms with van der Waals surface area (Å²) in [5, 5.41) is 13.0. The topological polar surface area (TPSA) is 88.5 Å². The second-order valence-corrected chi connectivity index (χ2v) is 8.26. The molecule has 140 valence electrons. The lowest BCUT2D eigenvalue weighted by atomic mass is 10.1. The molecule has 1 aromatic heterocycles. The molecule has 0 saturated carbocycles. The van der Waals surface area contributed by atoms with Crippen LogP contribution in [0.3, 0.4) is 0 Å². The first kappa shape index (κ1) is 20.1. The van der Waals surface area contributed by atoms with E-state index in [0.29, 0.717) is 0 Å². The Bertz CT molecular complexity index is 791. The lowest BCUT2D eigenvalue weighted by molar-refractivity contribution is -0.153. The molecule has 0 amide bonds. The van der Waals surface area contributed by atoms with E-state index < -0.39 is 11.6 Å². The molecule has 7 heteroatoms. The predicted molar refractivity (Wildman–Crippen MR) is 102 cm³/mol. The fraction of sp³-hybridized carbons (Fsp3) is 0.421. The number of carboxylic acid groups (broad SMARTS) is 1. The Hall–Kier alpha value is -2.25. The lowest BCUT2D eigenvalue weighted by Crippen LogP contribution is -2.32. The van der Waals surface area contributed by atoms with Crippen LogP contribution in [0.4, 0.5) is 0 Å². The van der Waals surface area contributed by atoms with E-state index in [9.17, 15) is 9.59 Å². The van der Waals surface area contributed by atoms with E-state index in [1.165, 1.54) is 0 Å². The van der Waals surface area contributed by atoms with Gasteiger partial charge in [-0.3, -0.25) is 10.1 Å². The van der Waals surface area contributed by atoms with Crippen LogP contribution in [-0.4, -0.2) is 34.2 Å². The van der Waals surface area contributed by atoms with Gasteiger partial charge in [0, 0.05) is 10.4 Å². The number of nitrogens with zero attached hydrogens (tertiary/aromatic N) is 1. The third-order valence-electron chi connectivity index (χ3n) is 3.56. The highest BCUT2D eigenvalue weighted by molar-refractivity contribution is 7.12. The van der Waals surface area contributed by atoms with Crippen LogP contribution in [0.5, 0.6) is 0 Å². The Balaban J connectivity index is 2.06. The minimum Gasteiger partial charge on any atom is -0.478 e. The second-order valence-electron chi connectivity index (χ2n) is 7.03. The molecule has 0 spiro atoms. The van der Waals surface area contributed by atoms with Crippen molar-refractivity contribution in [2.75, 3.05) is 6.54 Å². The van der Waals surface area contributed by atoms with Crippen LogP contribution in [-0.2, 0) is 9.53 Å². The van der Waals surface area contributed by atoms with Crippen LogP contribution in [0, 0.1) is 6.92 Å². The highest BCUT2D eigenvalue weighted by Crippen LogP contribution is 2.30. The number of carboxylic acids is 1. The highest BCUT2D eigenvalue weighted by atomic mass is 32.1. The fourth-order valence-electron chi connectivity index (χ4n) is 2.34. The van der Waals surface area contributed by atoms with Crippen LogP contribution in [0.25, 0.3) is 11.3 Å². The summed E-state index contributed by atoms with van der Waals surface area (Å²) in [6.45, 7) is 9.53. The Labute approximate surface area is 157 Å². The molecule has 2 rings (SSSR count). The van der Waals surface area contributed by atoms with Crippen LogP contribution >= 0.6 is 11.3 Å². The average Bonchev–Trinajstić information content (AvgIpc) is 2.93. The maximum Gasteiger partial charge on any atom is 0.335 e. The molecule has 1 atom stereocenters. The van der Waals surface area contributed by atoms with Gasteiger partial charge in [0.05, 0.1) is 23.8 Å². The number of carbonyl (C=O) groups is 2. The molecule has 0 saturated heterocycles. The number of thiazole rings is 1. The van der Waals surface area contributed by atoms with Gasteiger partial charge in [0.2, 0.25) is 0 Å².